The van der Waals surface area contributed by atoms with E-state index in [-0.39, 0.29) is 12.6 Å². The molecule has 0 aliphatic rings. The Labute approximate surface area is 161 Å². The molecule has 0 aliphatic carbocycles. The number of hydrogen-bond donors (Lipinski definition) is 3. The molecule has 146 valence electrons. The van der Waals surface area contributed by atoms with Crippen LogP contribution in [0, 0.1) is 0 Å². The molecule has 6 nitrogen and oxygen atoms in total. The minimum absolute atomic E-state index is 0.0993. The second kappa shape index (κ2) is 11.9. The van der Waals surface area contributed by atoms with Crippen LogP contribution in [0.4, 0.5) is 4.79 Å². The third-order valence-electron chi connectivity index (χ3n) is 3.96. The van der Waals surface area contributed by atoms with E-state index in [1.54, 1.807) is 0 Å². The highest BCUT2D eigenvalue weighted by Crippen LogP contribution is 2.13. The maximum absolute atomic E-state index is 12.2. The standard InChI is InChI=1S/C21H29N3O3/c1-2-26-20-10-8-17(9-11-20)14-19(15-23-13-12-22)24-21(25)27-16-18-6-4-3-5-7-18/h3-11,19,23H,2,12-16,22H2,1H3,(H,24,25)/t19-/m0/s1. The van der Waals surface area contributed by atoms with Crippen LogP contribution in [0.1, 0.15) is 18.1 Å². The Bertz CT molecular complexity index is 662. The first kappa shape index (κ1) is 20.7. The van der Waals surface area contributed by atoms with E-state index >= 15 is 0 Å². The number of nitrogens with one attached hydrogen (secondary N) is 2. The van der Waals surface area contributed by atoms with E-state index in [0.29, 0.717) is 32.7 Å². The molecule has 0 spiro atoms. The highest BCUT2D eigenvalue weighted by Gasteiger charge is 2.14. The fourth-order valence-corrected chi connectivity index (χ4v) is 2.66. The smallest absolute Gasteiger partial charge is 0.407 e. The van der Waals surface area contributed by atoms with E-state index in [1.807, 2.05) is 61.5 Å². The number of nitrogens with two attached hydrogens (primary N) is 1. The first-order chi connectivity index (χ1) is 13.2. The fourth-order valence-electron chi connectivity index (χ4n) is 2.66. The molecular formula is C21H29N3O3. The highest BCUT2D eigenvalue weighted by molar-refractivity contribution is 5.67. The number of hydrogen-bond acceptors (Lipinski definition) is 5. The molecule has 0 heterocycles. The maximum Gasteiger partial charge on any atom is 0.407 e. The topological polar surface area (TPSA) is 85.6 Å². The molecule has 1 atom stereocenters. The van der Waals surface area contributed by atoms with Crippen molar-refractivity contribution in [2.24, 2.45) is 5.73 Å². The van der Waals surface area contributed by atoms with Crippen molar-refractivity contribution >= 4 is 6.09 Å². The summed E-state index contributed by atoms with van der Waals surface area (Å²) in [5.41, 5.74) is 7.61. The number of benzene rings is 2. The Hall–Kier alpha value is -2.57. The zero-order chi connectivity index (χ0) is 19.3. The number of carbonyl (C=O) groups excluding carboxylic acids is 1. The average molecular weight is 371 g/mol. The Morgan fingerprint density at radius 3 is 2.48 bits per heavy atom. The molecule has 6 heteroatoms. The predicted octanol–water partition coefficient (Wildman–Crippen LogP) is 2.47. The molecule has 4 N–H and O–H groups in total. The van der Waals surface area contributed by atoms with Gasteiger partial charge in [0.1, 0.15) is 12.4 Å². The van der Waals surface area contributed by atoms with Gasteiger partial charge in [-0.15, -0.1) is 0 Å². The Morgan fingerprint density at radius 2 is 1.81 bits per heavy atom. The molecule has 2 aromatic rings. The Kier molecular flexibility index (Phi) is 9.17. The van der Waals surface area contributed by atoms with Gasteiger partial charge in [-0.25, -0.2) is 4.79 Å². The monoisotopic (exact) mass is 371 g/mol. The van der Waals surface area contributed by atoms with Crippen LogP contribution in [-0.2, 0) is 17.8 Å². The molecular weight excluding hydrogens is 342 g/mol. The van der Waals surface area contributed by atoms with E-state index < -0.39 is 6.09 Å². The van der Waals surface area contributed by atoms with Crippen molar-refractivity contribution in [2.45, 2.75) is 26.0 Å². The molecule has 0 bridgehead atoms. The van der Waals surface area contributed by atoms with Crippen molar-refractivity contribution in [2.75, 3.05) is 26.2 Å². The van der Waals surface area contributed by atoms with Gasteiger partial charge in [-0.2, -0.15) is 0 Å². The lowest BCUT2D eigenvalue weighted by atomic mass is 10.1. The van der Waals surface area contributed by atoms with E-state index in [1.165, 1.54) is 0 Å². The van der Waals surface area contributed by atoms with Crippen LogP contribution in [0.15, 0.2) is 54.6 Å². The van der Waals surface area contributed by atoms with Crippen LogP contribution in [0.2, 0.25) is 0 Å². The normalized spacial score (nSPS) is 11.6. The summed E-state index contributed by atoms with van der Waals surface area (Å²) in [4.78, 5) is 12.2. The molecule has 0 aromatic heterocycles. The number of alkyl carbamates (subject to hydrolysis) is 1. The molecule has 0 saturated carbocycles. The first-order valence-corrected chi connectivity index (χ1v) is 9.31. The van der Waals surface area contributed by atoms with Crippen LogP contribution in [-0.4, -0.2) is 38.4 Å². The number of rotatable bonds is 11. The summed E-state index contributed by atoms with van der Waals surface area (Å²) in [6, 6.07) is 17.4. The zero-order valence-corrected chi connectivity index (χ0v) is 15.8. The van der Waals surface area contributed by atoms with E-state index in [0.717, 1.165) is 16.9 Å². The highest BCUT2D eigenvalue weighted by atomic mass is 16.5. The number of amides is 1. The average Bonchev–Trinajstić information content (AvgIpc) is 2.69. The van der Waals surface area contributed by atoms with Gasteiger partial charge in [0.2, 0.25) is 0 Å². The lowest BCUT2D eigenvalue weighted by molar-refractivity contribution is 0.135. The molecule has 2 aromatic carbocycles. The molecule has 27 heavy (non-hydrogen) atoms. The molecule has 1 amide bonds. The largest absolute Gasteiger partial charge is 0.494 e. The Balaban J connectivity index is 1.88. The Morgan fingerprint density at radius 1 is 1.07 bits per heavy atom. The number of carbonyl (C=O) groups is 1. The SMILES string of the molecule is CCOc1ccc(C[C@@H](CNCCN)NC(=O)OCc2ccccc2)cc1. The van der Waals surface area contributed by atoms with Gasteiger partial charge in [-0.3, -0.25) is 0 Å². The van der Waals surface area contributed by atoms with E-state index in [4.69, 9.17) is 15.2 Å². The van der Waals surface area contributed by atoms with E-state index in [2.05, 4.69) is 10.6 Å². The number of ether oxygens (including phenoxy) is 2. The minimum Gasteiger partial charge on any atom is -0.494 e. The van der Waals surface area contributed by atoms with Crippen LogP contribution in [0.25, 0.3) is 0 Å². The molecule has 0 fully saturated rings. The van der Waals surface area contributed by atoms with Crippen LogP contribution < -0.4 is 21.1 Å². The maximum atomic E-state index is 12.2. The molecule has 0 radical (unpaired) electrons. The summed E-state index contributed by atoms with van der Waals surface area (Å²) in [6.07, 6.45) is 0.258. The van der Waals surface area contributed by atoms with E-state index in [9.17, 15) is 4.79 Å². The van der Waals surface area contributed by atoms with Gasteiger partial charge in [0, 0.05) is 25.7 Å². The zero-order valence-electron chi connectivity index (χ0n) is 15.8. The van der Waals surface area contributed by atoms with Crippen molar-refractivity contribution in [3.8, 4) is 5.75 Å². The fraction of sp³-hybridized carbons (Fsp3) is 0.381. The lowest BCUT2D eigenvalue weighted by Crippen LogP contribution is -2.44. The van der Waals surface area contributed by atoms with Gasteiger partial charge in [-0.05, 0) is 36.6 Å². The first-order valence-electron chi connectivity index (χ1n) is 9.31. The molecule has 0 unspecified atom stereocenters. The summed E-state index contributed by atoms with van der Waals surface area (Å²) >= 11 is 0. The summed E-state index contributed by atoms with van der Waals surface area (Å²) in [6.45, 7) is 4.70. The van der Waals surface area contributed by atoms with Crippen molar-refractivity contribution in [3.05, 3.63) is 65.7 Å². The molecule has 2 rings (SSSR count). The van der Waals surface area contributed by atoms with Crippen molar-refractivity contribution in [1.82, 2.24) is 10.6 Å². The van der Waals surface area contributed by atoms with Gasteiger partial charge in [-0.1, -0.05) is 42.5 Å². The summed E-state index contributed by atoms with van der Waals surface area (Å²) < 4.78 is 10.8. The van der Waals surface area contributed by atoms with Gasteiger partial charge >= 0.3 is 6.09 Å². The third-order valence-corrected chi connectivity index (χ3v) is 3.96. The van der Waals surface area contributed by atoms with Gasteiger partial charge < -0.3 is 25.8 Å². The van der Waals surface area contributed by atoms with Gasteiger partial charge in [0.05, 0.1) is 6.61 Å². The van der Waals surface area contributed by atoms with Crippen molar-refractivity contribution in [1.29, 1.82) is 0 Å². The second-order valence-electron chi connectivity index (χ2n) is 6.18. The van der Waals surface area contributed by atoms with Crippen LogP contribution >= 0.6 is 0 Å². The summed E-state index contributed by atoms with van der Waals surface area (Å²) in [7, 11) is 0. The minimum atomic E-state index is -0.427. The van der Waals surface area contributed by atoms with Crippen LogP contribution in [0.3, 0.4) is 0 Å². The quantitative estimate of drug-likeness (QED) is 0.528. The summed E-state index contributed by atoms with van der Waals surface area (Å²) in [5.74, 6) is 0.842. The van der Waals surface area contributed by atoms with Gasteiger partial charge in [0.25, 0.3) is 0 Å². The second-order valence-corrected chi connectivity index (χ2v) is 6.18. The van der Waals surface area contributed by atoms with Crippen molar-refractivity contribution in [3.63, 3.8) is 0 Å². The summed E-state index contributed by atoms with van der Waals surface area (Å²) in [5, 5.41) is 6.18. The third kappa shape index (κ3) is 8.11. The lowest BCUT2D eigenvalue weighted by Gasteiger charge is -2.19. The van der Waals surface area contributed by atoms with Crippen molar-refractivity contribution < 1.29 is 14.3 Å². The molecule has 0 aliphatic heterocycles. The molecule has 0 saturated heterocycles. The van der Waals surface area contributed by atoms with Gasteiger partial charge in [0.15, 0.2) is 0 Å². The van der Waals surface area contributed by atoms with Crippen LogP contribution in [0.5, 0.6) is 5.75 Å². The predicted molar refractivity (Wildman–Crippen MR) is 107 cm³/mol.